The van der Waals surface area contributed by atoms with Crippen LogP contribution in [0.4, 0.5) is 0 Å². The van der Waals surface area contributed by atoms with E-state index >= 15 is 0 Å². The second-order valence-electron chi connectivity index (χ2n) is 6.63. The van der Waals surface area contributed by atoms with Gasteiger partial charge >= 0.3 is 5.97 Å². The smallest absolute Gasteiger partial charge is 0.339 e. The van der Waals surface area contributed by atoms with E-state index in [1.165, 1.54) is 10.6 Å². The van der Waals surface area contributed by atoms with Gasteiger partial charge in [-0.2, -0.15) is 0 Å². The van der Waals surface area contributed by atoms with Gasteiger partial charge in [-0.3, -0.25) is 0 Å². The van der Waals surface area contributed by atoms with Crippen LogP contribution in [0.2, 0.25) is 0 Å². The quantitative estimate of drug-likeness (QED) is 0.350. The maximum absolute atomic E-state index is 12.9. The maximum Gasteiger partial charge on any atom is 0.339 e. The fourth-order valence-electron chi connectivity index (χ4n) is 2.87. The first kappa shape index (κ1) is 20.0. The van der Waals surface area contributed by atoms with Crippen LogP contribution in [0.15, 0.2) is 84.9 Å². The predicted molar refractivity (Wildman–Crippen MR) is 115 cm³/mol. The number of carbonyl (C=O) groups excluding carboxylic acids is 2. The van der Waals surface area contributed by atoms with Crippen molar-refractivity contribution >= 4 is 36.1 Å². The molecule has 3 aromatic rings. The zero-order valence-corrected chi connectivity index (χ0v) is 16.9. The molecule has 0 heterocycles. The average molecular weight is 390 g/mol. The second-order valence-corrected chi connectivity index (χ2v) is 8.81. The van der Waals surface area contributed by atoms with Crippen LogP contribution in [0.1, 0.15) is 24.2 Å². The number of rotatable bonds is 7. The van der Waals surface area contributed by atoms with E-state index in [2.05, 4.69) is 24.3 Å². The van der Waals surface area contributed by atoms with Crippen LogP contribution in [-0.2, 0) is 9.53 Å². The molecule has 0 unspecified atom stereocenters. The molecule has 0 saturated carbocycles. The molecule has 0 fully saturated rings. The molecule has 0 aliphatic rings. The van der Waals surface area contributed by atoms with Crippen molar-refractivity contribution in [3.63, 3.8) is 0 Å². The van der Waals surface area contributed by atoms with Gasteiger partial charge in [0.15, 0.2) is 0 Å². The van der Waals surface area contributed by atoms with Gasteiger partial charge in [-0.1, -0.05) is 85.8 Å². The molecule has 142 valence electrons. The van der Waals surface area contributed by atoms with Crippen molar-refractivity contribution in [3.8, 4) is 0 Å². The molecule has 0 amide bonds. The summed E-state index contributed by atoms with van der Waals surface area (Å²) in [5.41, 5.74) is 0.547. The summed E-state index contributed by atoms with van der Waals surface area (Å²) in [6, 6.07) is 28.0. The lowest BCUT2D eigenvalue weighted by molar-refractivity contribution is -0.113. The van der Waals surface area contributed by atoms with E-state index in [1.54, 1.807) is 19.9 Å². The van der Waals surface area contributed by atoms with E-state index in [9.17, 15) is 9.59 Å². The van der Waals surface area contributed by atoms with Gasteiger partial charge in [0, 0.05) is 5.92 Å². The van der Waals surface area contributed by atoms with Crippen molar-refractivity contribution in [1.29, 1.82) is 0 Å². The molecule has 0 N–H and O–H groups in total. The molecular formula is C24H23O3P. The highest BCUT2D eigenvalue weighted by molar-refractivity contribution is 7.80. The molecule has 4 heteroatoms. The minimum atomic E-state index is -0.914. The lowest BCUT2D eigenvalue weighted by atomic mass is 10.1. The Morgan fingerprint density at radius 3 is 1.86 bits per heavy atom. The third kappa shape index (κ3) is 4.55. The van der Waals surface area contributed by atoms with Crippen molar-refractivity contribution in [2.45, 2.75) is 20.0 Å². The fourth-order valence-corrected chi connectivity index (χ4v) is 5.31. The van der Waals surface area contributed by atoms with Gasteiger partial charge in [0.2, 0.25) is 0 Å². The minimum absolute atomic E-state index is 0.346. The Balaban J connectivity index is 2.05. The largest absolute Gasteiger partial charge is 0.458 e. The van der Waals surface area contributed by atoms with Gasteiger partial charge in [0.1, 0.15) is 12.4 Å². The molecule has 0 spiro atoms. The number of carbonyl (C=O) groups is 2. The summed E-state index contributed by atoms with van der Waals surface area (Å²) < 4.78 is 5.59. The van der Waals surface area contributed by atoms with Crippen molar-refractivity contribution in [2.24, 2.45) is 5.92 Å². The molecule has 3 rings (SSSR count). The molecule has 3 aromatic carbocycles. The van der Waals surface area contributed by atoms with Crippen molar-refractivity contribution in [1.82, 2.24) is 0 Å². The van der Waals surface area contributed by atoms with Crippen molar-refractivity contribution < 1.29 is 14.3 Å². The lowest BCUT2D eigenvalue weighted by Crippen LogP contribution is -2.29. The van der Waals surface area contributed by atoms with Crippen LogP contribution in [0, 0.1) is 5.92 Å². The predicted octanol–water partition coefficient (Wildman–Crippen LogP) is 3.83. The average Bonchev–Trinajstić information content (AvgIpc) is 2.75. The number of ether oxygens (including phenoxy) is 1. The number of esters is 1. The van der Waals surface area contributed by atoms with E-state index in [4.69, 9.17) is 4.74 Å². The van der Waals surface area contributed by atoms with Crippen LogP contribution in [0.3, 0.4) is 0 Å². The third-order valence-electron chi connectivity index (χ3n) is 4.64. The highest BCUT2D eigenvalue weighted by Crippen LogP contribution is 2.34. The SMILES string of the molecule is C[C@@H](C=O)[C@@H](C)OC(=O)c1ccccc1P(c1ccccc1)c1ccccc1. The summed E-state index contributed by atoms with van der Waals surface area (Å²) in [5.74, 6) is -0.739. The van der Waals surface area contributed by atoms with Crippen molar-refractivity contribution in [3.05, 3.63) is 90.5 Å². The van der Waals surface area contributed by atoms with Gasteiger partial charge in [-0.15, -0.1) is 0 Å². The Morgan fingerprint density at radius 2 is 1.32 bits per heavy atom. The molecule has 0 aromatic heterocycles. The van der Waals surface area contributed by atoms with E-state index in [0.29, 0.717) is 5.56 Å². The highest BCUT2D eigenvalue weighted by Gasteiger charge is 2.25. The molecule has 0 aliphatic carbocycles. The summed E-state index contributed by atoms with van der Waals surface area (Å²) >= 11 is 0. The van der Waals surface area contributed by atoms with Crippen LogP contribution in [0.5, 0.6) is 0 Å². The van der Waals surface area contributed by atoms with E-state index in [-0.39, 0.29) is 5.92 Å². The Morgan fingerprint density at radius 1 is 0.821 bits per heavy atom. The standard InChI is InChI=1S/C24H23O3P/c1-18(17-25)19(2)27-24(26)22-15-9-10-16-23(22)28(20-11-5-3-6-12-20)21-13-7-4-8-14-21/h3-19H,1-2H3/t18-,19+/m0/s1. The van der Waals surface area contributed by atoms with Gasteiger partial charge in [0.05, 0.1) is 5.56 Å². The van der Waals surface area contributed by atoms with Crippen molar-refractivity contribution in [2.75, 3.05) is 0 Å². The Kier molecular flexibility index (Phi) is 6.73. The van der Waals surface area contributed by atoms with E-state index in [1.807, 2.05) is 54.6 Å². The number of benzene rings is 3. The molecule has 3 nitrogen and oxygen atoms in total. The number of aldehydes is 1. The monoisotopic (exact) mass is 390 g/mol. The molecule has 2 atom stereocenters. The molecule has 28 heavy (non-hydrogen) atoms. The summed E-state index contributed by atoms with van der Waals surface area (Å²) in [5, 5.41) is 3.28. The van der Waals surface area contributed by atoms with Gasteiger partial charge in [-0.25, -0.2) is 4.79 Å². The lowest BCUT2D eigenvalue weighted by Gasteiger charge is -2.23. The first-order valence-electron chi connectivity index (χ1n) is 9.27. The van der Waals surface area contributed by atoms with E-state index < -0.39 is 20.0 Å². The van der Waals surface area contributed by atoms with Gasteiger partial charge in [-0.05, 0) is 36.8 Å². The topological polar surface area (TPSA) is 43.4 Å². The van der Waals surface area contributed by atoms with Crippen LogP contribution >= 0.6 is 7.92 Å². The highest BCUT2D eigenvalue weighted by atomic mass is 31.1. The first-order valence-corrected chi connectivity index (χ1v) is 10.6. The molecule has 0 saturated heterocycles. The Labute approximate surface area is 167 Å². The number of hydrogen-bond acceptors (Lipinski definition) is 3. The molecular weight excluding hydrogens is 367 g/mol. The third-order valence-corrected chi connectivity index (χ3v) is 7.14. The first-order chi connectivity index (χ1) is 13.6. The number of hydrogen-bond donors (Lipinski definition) is 0. The van der Waals surface area contributed by atoms with Crippen LogP contribution in [0.25, 0.3) is 0 Å². The normalized spacial score (nSPS) is 13.0. The van der Waals surface area contributed by atoms with Gasteiger partial charge < -0.3 is 9.53 Å². The molecule has 0 aliphatic heterocycles. The summed E-state index contributed by atoms with van der Waals surface area (Å²) in [4.78, 5) is 24.0. The fraction of sp³-hybridized carbons (Fsp3) is 0.167. The summed E-state index contributed by atoms with van der Waals surface area (Å²) in [6.45, 7) is 3.49. The van der Waals surface area contributed by atoms with Crippen LogP contribution < -0.4 is 15.9 Å². The maximum atomic E-state index is 12.9. The summed E-state index contributed by atoms with van der Waals surface area (Å²) in [7, 11) is -0.914. The zero-order chi connectivity index (χ0) is 19.9. The molecule has 0 bridgehead atoms. The molecule has 0 radical (unpaired) electrons. The zero-order valence-electron chi connectivity index (χ0n) is 16.0. The Bertz CT molecular complexity index is 885. The van der Waals surface area contributed by atoms with Crippen LogP contribution in [-0.4, -0.2) is 18.4 Å². The summed E-state index contributed by atoms with van der Waals surface area (Å²) in [6.07, 6.45) is 0.336. The Hall–Kier alpha value is -2.77. The second kappa shape index (κ2) is 9.43. The van der Waals surface area contributed by atoms with E-state index in [0.717, 1.165) is 11.6 Å². The minimum Gasteiger partial charge on any atom is -0.458 e. The van der Waals surface area contributed by atoms with Gasteiger partial charge in [0.25, 0.3) is 0 Å².